The van der Waals surface area contributed by atoms with Gasteiger partial charge in [-0.05, 0) is 29.9 Å². The Kier molecular flexibility index (Phi) is 4.57. The summed E-state index contributed by atoms with van der Waals surface area (Å²) < 4.78 is 0. The van der Waals surface area contributed by atoms with E-state index in [0.29, 0.717) is 5.92 Å². The molecule has 0 heterocycles. The van der Waals surface area contributed by atoms with Crippen molar-refractivity contribution in [3.63, 3.8) is 0 Å². The van der Waals surface area contributed by atoms with Crippen LogP contribution in [0, 0.1) is 0 Å². The molecular weight excluding hydrogens is 182 g/mol. The molecule has 0 aliphatic heterocycles. The minimum absolute atomic E-state index is 0.140. The second kappa shape index (κ2) is 5.72. The molecule has 0 saturated heterocycles. The fraction of sp³-hybridized carbons (Fsp3) is 0.429. The summed E-state index contributed by atoms with van der Waals surface area (Å²) in [7, 11) is 0. The molecule has 0 radical (unpaired) electrons. The molecule has 1 aromatic rings. The highest BCUT2D eigenvalue weighted by atomic mass is 14.6. The van der Waals surface area contributed by atoms with Crippen LogP contribution in [-0.2, 0) is 0 Å². The van der Waals surface area contributed by atoms with Crippen molar-refractivity contribution in [1.82, 2.24) is 0 Å². The van der Waals surface area contributed by atoms with Crippen LogP contribution in [0.4, 0.5) is 0 Å². The summed E-state index contributed by atoms with van der Waals surface area (Å²) in [6.45, 7) is 8.12. The van der Waals surface area contributed by atoms with E-state index in [0.717, 1.165) is 12.8 Å². The van der Waals surface area contributed by atoms with Crippen LogP contribution in [0.3, 0.4) is 0 Å². The molecule has 2 N–H and O–H groups in total. The Morgan fingerprint density at radius 3 is 2.60 bits per heavy atom. The van der Waals surface area contributed by atoms with Gasteiger partial charge in [0.1, 0.15) is 0 Å². The van der Waals surface area contributed by atoms with Gasteiger partial charge in [0.25, 0.3) is 0 Å². The zero-order valence-electron chi connectivity index (χ0n) is 9.74. The van der Waals surface area contributed by atoms with Gasteiger partial charge < -0.3 is 5.73 Å². The van der Waals surface area contributed by atoms with Crippen molar-refractivity contribution in [2.75, 3.05) is 0 Å². The summed E-state index contributed by atoms with van der Waals surface area (Å²) in [6, 6.07) is 8.73. The van der Waals surface area contributed by atoms with E-state index >= 15 is 0 Å². The fourth-order valence-corrected chi connectivity index (χ4v) is 1.61. The Morgan fingerprint density at radius 1 is 1.33 bits per heavy atom. The van der Waals surface area contributed by atoms with Gasteiger partial charge >= 0.3 is 0 Å². The highest BCUT2D eigenvalue weighted by Gasteiger charge is 2.06. The lowest BCUT2D eigenvalue weighted by molar-refractivity contribution is 0.659. The van der Waals surface area contributed by atoms with E-state index in [4.69, 9.17) is 5.73 Å². The number of benzene rings is 1. The van der Waals surface area contributed by atoms with E-state index in [9.17, 15) is 0 Å². The van der Waals surface area contributed by atoms with Crippen molar-refractivity contribution < 1.29 is 0 Å². The standard InChI is InChI=1S/C14H21N/c1-4-5-9-14(15)13-8-6-7-12(10-13)11(2)3/h4,6-8,10-11,14H,1,5,9,15H2,2-3H3/t14-/m1/s1. The predicted octanol–water partition coefficient (Wildman–Crippen LogP) is 3.78. The molecule has 0 bridgehead atoms. The first-order chi connectivity index (χ1) is 7.15. The van der Waals surface area contributed by atoms with E-state index in [1.54, 1.807) is 0 Å². The fourth-order valence-electron chi connectivity index (χ4n) is 1.61. The molecule has 0 unspecified atom stereocenters. The maximum atomic E-state index is 6.10. The molecule has 0 aromatic heterocycles. The number of hydrogen-bond donors (Lipinski definition) is 1. The topological polar surface area (TPSA) is 26.0 Å². The van der Waals surface area contributed by atoms with Crippen molar-refractivity contribution in [1.29, 1.82) is 0 Å². The van der Waals surface area contributed by atoms with Gasteiger partial charge in [-0.1, -0.05) is 44.2 Å². The van der Waals surface area contributed by atoms with Crippen molar-refractivity contribution in [2.45, 2.75) is 38.6 Å². The maximum absolute atomic E-state index is 6.10. The SMILES string of the molecule is C=CCC[C@@H](N)c1cccc(C(C)C)c1. The van der Waals surface area contributed by atoms with Gasteiger partial charge in [0.05, 0.1) is 0 Å². The Hall–Kier alpha value is -1.08. The van der Waals surface area contributed by atoms with Gasteiger partial charge in [-0.15, -0.1) is 6.58 Å². The third-order valence-electron chi connectivity index (χ3n) is 2.69. The first kappa shape index (κ1) is 12.0. The molecule has 1 aromatic carbocycles. The Bertz CT molecular complexity index is 315. The third-order valence-corrected chi connectivity index (χ3v) is 2.69. The normalized spacial score (nSPS) is 12.8. The molecule has 1 rings (SSSR count). The van der Waals surface area contributed by atoms with Crippen LogP contribution in [0.1, 0.15) is 49.8 Å². The Morgan fingerprint density at radius 2 is 2.00 bits per heavy atom. The van der Waals surface area contributed by atoms with Gasteiger partial charge in [-0.3, -0.25) is 0 Å². The van der Waals surface area contributed by atoms with Crippen LogP contribution in [0.2, 0.25) is 0 Å². The zero-order valence-corrected chi connectivity index (χ0v) is 9.74. The molecule has 0 fully saturated rings. The van der Waals surface area contributed by atoms with Crippen LogP contribution in [0.5, 0.6) is 0 Å². The molecule has 0 amide bonds. The van der Waals surface area contributed by atoms with Gasteiger partial charge in [-0.2, -0.15) is 0 Å². The monoisotopic (exact) mass is 203 g/mol. The van der Waals surface area contributed by atoms with Crippen molar-refractivity contribution in [3.8, 4) is 0 Å². The molecule has 15 heavy (non-hydrogen) atoms. The number of nitrogens with two attached hydrogens (primary N) is 1. The highest BCUT2D eigenvalue weighted by Crippen LogP contribution is 2.21. The smallest absolute Gasteiger partial charge is 0.0297 e. The number of allylic oxidation sites excluding steroid dienone is 1. The van der Waals surface area contributed by atoms with Gasteiger partial charge in [0.2, 0.25) is 0 Å². The van der Waals surface area contributed by atoms with Crippen LogP contribution >= 0.6 is 0 Å². The number of rotatable bonds is 5. The predicted molar refractivity (Wildman–Crippen MR) is 66.9 cm³/mol. The first-order valence-electron chi connectivity index (χ1n) is 5.61. The third kappa shape index (κ3) is 3.52. The molecule has 82 valence electrons. The molecule has 0 saturated carbocycles. The molecule has 1 nitrogen and oxygen atoms in total. The van der Waals surface area contributed by atoms with E-state index in [1.165, 1.54) is 11.1 Å². The summed E-state index contributed by atoms with van der Waals surface area (Å²) in [5.41, 5.74) is 8.70. The minimum atomic E-state index is 0.140. The van der Waals surface area contributed by atoms with Crippen LogP contribution in [0.15, 0.2) is 36.9 Å². The second-order valence-electron chi connectivity index (χ2n) is 4.30. The van der Waals surface area contributed by atoms with Crippen LogP contribution < -0.4 is 5.73 Å². The number of hydrogen-bond acceptors (Lipinski definition) is 1. The molecule has 0 spiro atoms. The Balaban J connectivity index is 2.75. The summed E-state index contributed by atoms with van der Waals surface area (Å²) in [5, 5.41) is 0. The van der Waals surface area contributed by atoms with Crippen molar-refractivity contribution >= 4 is 0 Å². The summed E-state index contributed by atoms with van der Waals surface area (Å²) in [5.74, 6) is 0.566. The first-order valence-corrected chi connectivity index (χ1v) is 5.61. The van der Waals surface area contributed by atoms with E-state index < -0.39 is 0 Å². The van der Waals surface area contributed by atoms with Crippen molar-refractivity contribution in [3.05, 3.63) is 48.0 Å². The lowest BCUT2D eigenvalue weighted by Crippen LogP contribution is -2.10. The van der Waals surface area contributed by atoms with Gasteiger partial charge in [-0.25, -0.2) is 0 Å². The van der Waals surface area contributed by atoms with E-state index in [2.05, 4.69) is 44.7 Å². The summed E-state index contributed by atoms with van der Waals surface area (Å²) in [6.07, 6.45) is 3.88. The molecule has 0 aliphatic carbocycles. The van der Waals surface area contributed by atoms with Gasteiger partial charge in [0.15, 0.2) is 0 Å². The lowest BCUT2D eigenvalue weighted by atomic mass is 9.96. The molecule has 1 heteroatoms. The average molecular weight is 203 g/mol. The summed E-state index contributed by atoms with van der Waals surface area (Å²) in [4.78, 5) is 0. The lowest BCUT2D eigenvalue weighted by Gasteiger charge is -2.13. The quantitative estimate of drug-likeness (QED) is 0.724. The molecular formula is C14H21N. The molecule has 0 aliphatic rings. The largest absolute Gasteiger partial charge is 0.324 e. The maximum Gasteiger partial charge on any atom is 0.0297 e. The average Bonchev–Trinajstić information content (AvgIpc) is 2.26. The van der Waals surface area contributed by atoms with Crippen molar-refractivity contribution in [2.24, 2.45) is 5.73 Å². The highest BCUT2D eigenvalue weighted by molar-refractivity contribution is 5.27. The second-order valence-corrected chi connectivity index (χ2v) is 4.30. The van der Waals surface area contributed by atoms with Crippen LogP contribution in [0.25, 0.3) is 0 Å². The van der Waals surface area contributed by atoms with Gasteiger partial charge in [0, 0.05) is 6.04 Å². The van der Waals surface area contributed by atoms with E-state index in [1.807, 2.05) is 6.08 Å². The van der Waals surface area contributed by atoms with Crippen LogP contribution in [-0.4, -0.2) is 0 Å². The minimum Gasteiger partial charge on any atom is -0.324 e. The zero-order chi connectivity index (χ0) is 11.3. The van der Waals surface area contributed by atoms with E-state index in [-0.39, 0.29) is 6.04 Å². The summed E-state index contributed by atoms with van der Waals surface area (Å²) >= 11 is 0. The Labute approximate surface area is 93.0 Å². The molecule has 1 atom stereocenters.